The van der Waals surface area contributed by atoms with Gasteiger partial charge >= 0.3 is 0 Å². The molecular formula is C12H14BrN5O. The Balaban J connectivity index is 2.36. The van der Waals surface area contributed by atoms with Crippen molar-refractivity contribution in [3.05, 3.63) is 34.6 Å². The van der Waals surface area contributed by atoms with Crippen LogP contribution < -0.4 is 21.3 Å². The first-order chi connectivity index (χ1) is 9.15. The van der Waals surface area contributed by atoms with Crippen LogP contribution in [-0.2, 0) is 0 Å². The van der Waals surface area contributed by atoms with Crippen molar-refractivity contribution in [1.29, 1.82) is 0 Å². The zero-order valence-corrected chi connectivity index (χ0v) is 12.2. The molecule has 1 aromatic carbocycles. The molecule has 7 heteroatoms. The van der Waals surface area contributed by atoms with Gasteiger partial charge in [-0.05, 0) is 35.0 Å². The fraction of sp³-hybridized carbons (Fsp3) is 0.167. The molecular weight excluding hydrogens is 310 g/mol. The third-order valence-electron chi connectivity index (χ3n) is 2.65. The molecule has 100 valence electrons. The highest BCUT2D eigenvalue weighted by Crippen LogP contribution is 2.30. The first kappa shape index (κ1) is 13.6. The summed E-state index contributed by atoms with van der Waals surface area (Å²) in [5, 5.41) is 3.22. The molecule has 0 atom stereocenters. The van der Waals surface area contributed by atoms with Crippen molar-refractivity contribution in [3.8, 4) is 5.75 Å². The lowest BCUT2D eigenvalue weighted by Crippen LogP contribution is -2.11. The Bertz CT molecular complexity index is 590. The van der Waals surface area contributed by atoms with E-state index in [4.69, 9.17) is 10.6 Å². The number of nitrogens with one attached hydrogen (secondary N) is 2. The number of rotatable bonds is 4. The highest BCUT2D eigenvalue weighted by molar-refractivity contribution is 9.10. The summed E-state index contributed by atoms with van der Waals surface area (Å²) in [5.41, 5.74) is 4.22. The van der Waals surface area contributed by atoms with Crippen molar-refractivity contribution in [1.82, 2.24) is 9.97 Å². The number of halogens is 1. The summed E-state index contributed by atoms with van der Waals surface area (Å²) in [5.74, 6) is 7.41. The molecule has 0 radical (unpaired) electrons. The summed E-state index contributed by atoms with van der Waals surface area (Å²) in [6.45, 7) is 1.88. The lowest BCUT2D eigenvalue weighted by molar-refractivity contribution is 0.415. The quantitative estimate of drug-likeness (QED) is 0.592. The number of nitrogens with zero attached hydrogens (tertiary/aromatic N) is 2. The zero-order chi connectivity index (χ0) is 13.8. The van der Waals surface area contributed by atoms with Crippen molar-refractivity contribution < 1.29 is 4.74 Å². The Kier molecular flexibility index (Phi) is 4.18. The van der Waals surface area contributed by atoms with E-state index >= 15 is 0 Å². The molecule has 0 aliphatic carbocycles. The van der Waals surface area contributed by atoms with Gasteiger partial charge in [0.15, 0.2) is 0 Å². The van der Waals surface area contributed by atoms with Crippen LogP contribution >= 0.6 is 15.9 Å². The summed E-state index contributed by atoms with van der Waals surface area (Å²) in [6.07, 6.45) is 1.44. The van der Waals surface area contributed by atoms with E-state index in [1.807, 2.05) is 25.1 Å². The standard InChI is InChI=1S/C12H14BrN5O/c1-7-11(15-6-16-12(7)18-14)17-10-5-8(19-2)3-4-9(10)13/h3-6H,14H2,1-2H3,(H2,15,16,17,18). The van der Waals surface area contributed by atoms with Gasteiger partial charge in [0.25, 0.3) is 0 Å². The molecule has 0 amide bonds. The first-order valence-electron chi connectivity index (χ1n) is 5.54. The third kappa shape index (κ3) is 2.94. The minimum absolute atomic E-state index is 0.580. The smallest absolute Gasteiger partial charge is 0.148 e. The van der Waals surface area contributed by atoms with Crippen LogP contribution in [0.1, 0.15) is 5.56 Å². The topological polar surface area (TPSA) is 85.1 Å². The molecule has 0 unspecified atom stereocenters. The van der Waals surface area contributed by atoms with Crippen molar-refractivity contribution in [2.24, 2.45) is 5.84 Å². The van der Waals surface area contributed by atoms with Crippen LogP contribution in [-0.4, -0.2) is 17.1 Å². The van der Waals surface area contributed by atoms with E-state index in [-0.39, 0.29) is 0 Å². The number of anilines is 3. The number of nitrogens with two attached hydrogens (primary N) is 1. The van der Waals surface area contributed by atoms with Crippen LogP contribution in [0.15, 0.2) is 29.0 Å². The Labute approximate surface area is 119 Å². The SMILES string of the molecule is COc1ccc(Br)c(Nc2ncnc(NN)c2C)c1. The molecule has 6 nitrogen and oxygen atoms in total. The molecule has 0 spiro atoms. The molecule has 0 aliphatic heterocycles. The van der Waals surface area contributed by atoms with Crippen LogP contribution in [0.5, 0.6) is 5.75 Å². The van der Waals surface area contributed by atoms with Gasteiger partial charge in [-0.1, -0.05) is 0 Å². The van der Waals surface area contributed by atoms with Crippen LogP contribution in [0, 0.1) is 6.92 Å². The second-order valence-corrected chi connectivity index (χ2v) is 4.67. The summed E-state index contributed by atoms with van der Waals surface area (Å²) < 4.78 is 6.11. The molecule has 0 fully saturated rings. The van der Waals surface area contributed by atoms with Gasteiger partial charge in [-0.2, -0.15) is 0 Å². The maximum atomic E-state index is 5.39. The van der Waals surface area contributed by atoms with Gasteiger partial charge in [0.2, 0.25) is 0 Å². The van der Waals surface area contributed by atoms with Crippen LogP contribution in [0.25, 0.3) is 0 Å². The number of hydrogen-bond acceptors (Lipinski definition) is 6. The molecule has 0 saturated carbocycles. The highest BCUT2D eigenvalue weighted by atomic mass is 79.9. The van der Waals surface area contributed by atoms with E-state index in [0.717, 1.165) is 21.5 Å². The molecule has 4 N–H and O–H groups in total. The van der Waals surface area contributed by atoms with Gasteiger partial charge in [-0.15, -0.1) is 0 Å². The van der Waals surface area contributed by atoms with Crippen LogP contribution in [0.2, 0.25) is 0 Å². The summed E-state index contributed by atoms with van der Waals surface area (Å²) in [7, 11) is 1.62. The fourth-order valence-corrected chi connectivity index (χ4v) is 1.92. The van der Waals surface area contributed by atoms with E-state index in [0.29, 0.717) is 11.6 Å². The van der Waals surface area contributed by atoms with Gasteiger partial charge < -0.3 is 15.5 Å². The van der Waals surface area contributed by atoms with Gasteiger partial charge in [-0.3, -0.25) is 0 Å². The minimum atomic E-state index is 0.580. The van der Waals surface area contributed by atoms with Gasteiger partial charge in [0.1, 0.15) is 23.7 Å². The van der Waals surface area contributed by atoms with Crippen LogP contribution in [0.4, 0.5) is 17.3 Å². The molecule has 19 heavy (non-hydrogen) atoms. The monoisotopic (exact) mass is 323 g/mol. The van der Waals surface area contributed by atoms with Gasteiger partial charge in [0.05, 0.1) is 12.8 Å². The number of ether oxygens (including phenoxy) is 1. The van der Waals surface area contributed by atoms with E-state index < -0.39 is 0 Å². The molecule has 0 bridgehead atoms. The summed E-state index contributed by atoms with van der Waals surface area (Å²) in [4.78, 5) is 8.23. The third-order valence-corrected chi connectivity index (χ3v) is 3.34. The normalized spacial score (nSPS) is 10.1. The largest absolute Gasteiger partial charge is 0.497 e. The fourth-order valence-electron chi connectivity index (χ4n) is 1.58. The molecule has 0 saturated heterocycles. The molecule has 2 rings (SSSR count). The number of aromatic nitrogens is 2. The van der Waals surface area contributed by atoms with Gasteiger partial charge in [-0.25, -0.2) is 15.8 Å². The zero-order valence-electron chi connectivity index (χ0n) is 10.6. The van der Waals surface area contributed by atoms with Crippen molar-refractivity contribution in [3.63, 3.8) is 0 Å². The van der Waals surface area contributed by atoms with E-state index in [2.05, 4.69) is 36.6 Å². The lowest BCUT2D eigenvalue weighted by atomic mass is 10.2. The predicted octanol–water partition coefficient (Wildman–Crippen LogP) is 2.59. The molecule has 0 aliphatic rings. The number of hydrogen-bond donors (Lipinski definition) is 3. The predicted molar refractivity (Wildman–Crippen MR) is 78.6 cm³/mol. The van der Waals surface area contributed by atoms with Crippen molar-refractivity contribution in [2.75, 3.05) is 17.9 Å². The first-order valence-corrected chi connectivity index (χ1v) is 6.33. The second-order valence-electron chi connectivity index (χ2n) is 3.81. The highest BCUT2D eigenvalue weighted by Gasteiger charge is 2.08. The second kappa shape index (κ2) is 5.85. The number of methoxy groups -OCH3 is 1. The average Bonchev–Trinajstić information content (AvgIpc) is 2.43. The van der Waals surface area contributed by atoms with E-state index in [1.165, 1.54) is 6.33 Å². The molecule has 1 aromatic heterocycles. The number of hydrazine groups is 1. The Morgan fingerprint density at radius 1 is 1.26 bits per heavy atom. The summed E-state index contributed by atoms with van der Waals surface area (Å²) in [6, 6.07) is 5.65. The van der Waals surface area contributed by atoms with E-state index in [1.54, 1.807) is 7.11 Å². The Morgan fingerprint density at radius 2 is 2.00 bits per heavy atom. The van der Waals surface area contributed by atoms with E-state index in [9.17, 15) is 0 Å². The lowest BCUT2D eigenvalue weighted by Gasteiger charge is -2.13. The average molecular weight is 324 g/mol. The maximum Gasteiger partial charge on any atom is 0.148 e. The Morgan fingerprint density at radius 3 is 2.68 bits per heavy atom. The van der Waals surface area contributed by atoms with Crippen molar-refractivity contribution >= 4 is 33.3 Å². The molecule has 1 heterocycles. The maximum absolute atomic E-state index is 5.39. The molecule has 2 aromatic rings. The van der Waals surface area contributed by atoms with Crippen molar-refractivity contribution in [2.45, 2.75) is 6.92 Å². The number of nitrogen functional groups attached to an aromatic ring is 1. The van der Waals surface area contributed by atoms with Gasteiger partial charge in [0, 0.05) is 16.1 Å². The van der Waals surface area contributed by atoms with Crippen LogP contribution in [0.3, 0.4) is 0 Å². The minimum Gasteiger partial charge on any atom is -0.497 e. The summed E-state index contributed by atoms with van der Waals surface area (Å²) >= 11 is 3.48. The Hall–Kier alpha value is -1.86. The number of benzene rings is 1.